The topological polar surface area (TPSA) is 74.7 Å². The predicted octanol–water partition coefficient (Wildman–Crippen LogP) is 3.88. The van der Waals surface area contributed by atoms with Crippen LogP contribution < -0.4 is 16.0 Å². The molecule has 0 radical (unpaired) electrons. The Morgan fingerprint density at radius 1 is 1.06 bits per heavy atom. The van der Waals surface area contributed by atoms with E-state index >= 15 is 0 Å². The number of aromatic nitrogens is 3. The summed E-state index contributed by atoms with van der Waals surface area (Å²) in [6.07, 6.45) is 5.60. The number of hydrogen-bond donors (Lipinski definition) is 2. The molecule has 1 fully saturated rings. The van der Waals surface area contributed by atoms with Gasteiger partial charge in [0.25, 0.3) is 0 Å². The monoisotopic (exact) mass is 431 g/mol. The Balaban J connectivity index is 1.39. The van der Waals surface area contributed by atoms with Gasteiger partial charge < -0.3 is 20.9 Å². The first-order chi connectivity index (χ1) is 15.1. The Labute approximate surface area is 185 Å². The fourth-order valence-corrected chi connectivity index (χ4v) is 4.69. The molecule has 0 saturated carbocycles. The highest BCUT2D eigenvalue weighted by Crippen LogP contribution is 2.32. The SMILES string of the molecule is C=C(N)c1ccc(-c2cnc(Nc3ccc(N4CCN(C)CC4)cc3)c3nccn23)s1. The summed E-state index contributed by atoms with van der Waals surface area (Å²) in [4.78, 5) is 16.0. The maximum atomic E-state index is 5.84. The van der Waals surface area contributed by atoms with E-state index in [1.165, 1.54) is 5.69 Å². The van der Waals surface area contributed by atoms with Gasteiger partial charge in [0.1, 0.15) is 0 Å². The molecule has 0 aliphatic carbocycles. The van der Waals surface area contributed by atoms with Crippen LogP contribution in [0.4, 0.5) is 17.2 Å². The van der Waals surface area contributed by atoms with E-state index in [9.17, 15) is 0 Å². The van der Waals surface area contributed by atoms with E-state index in [0.29, 0.717) is 5.70 Å². The summed E-state index contributed by atoms with van der Waals surface area (Å²) in [6.45, 7) is 8.13. The van der Waals surface area contributed by atoms with Gasteiger partial charge >= 0.3 is 0 Å². The Hall–Kier alpha value is -3.36. The van der Waals surface area contributed by atoms with E-state index in [2.05, 4.69) is 63.0 Å². The molecule has 0 unspecified atom stereocenters. The maximum Gasteiger partial charge on any atom is 0.180 e. The lowest BCUT2D eigenvalue weighted by molar-refractivity contribution is 0.313. The smallest absolute Gasteiger partial charge is 0.180 e. The number of fused-ring (bicyclic) bond motifs is 1. The summed E-state index contributed by atoms with van der Waals surface area (Å²) in [5.41, 5.74) is 10.4. The second kappa shape index (κ2) is 8.05. The Bertz CT molecular complexity index is 1220. The molecule has 1 saturated heterocycles. The number of nitrogens with two attached hydrogens (primary N) is 1. The summed E-state index contributed by atoms with van der Waals surface area (Å²) in [5.74, 6) is 0.723. The van der Waals surface area contributed by atoms with Crippen LogP contribution in [0.1, 0.15) is 4.88 Å². The zero-order chi connectivity index (χ0) is 21.4. The van der Waals surface area contributed by atoms with E-state index in [1.807, 2.05) is 28.9 Å². The van der Waals surface area contributed by atoms with Gasteiger partial charge in [-0.2, -0.15) is 0 Å². The van der Waals surface area contributed by atoms with Crippen molar-refractivity contribution in [2.75, 3.05) is 43.4 Å². The second-order valence-electron chi connectivity index (χ2n) is 7.76. The van der Waals surface area contributed by atoms with Crippen molar-refractivity contribution in [1.82, 2.24) is 19.3 Å². The van der Waals surface area contributed by atoms with Crippen molar-refractivity contribution in [1.29, 1.82) is 0 Å². The molecule has 0 bridgehead atoms. The minimum atomic E-state index is 0.574. The Morgan fingerprint density at radius 2 is 1.84 bits per heavy atom. The molecular weight excluding hydrogens is 406 g/mol. The average molecular weight is 432 g/mol. The highest BCUT2D eigenvalue weighted by molar-refractivity contribution is 7.16. The maximum absolute atomic E-state index is 5.84. The molecule has 1 aliphatic heterocycles. The largest absolute Gasteiger partial charge is 0.398 e. The number of piperazine rings is 1. The van der Waals surface area contributed by atoms with Gasteiger partial charge in [-0.3, -0.25) is 4.40 Å². The van der Waals surface area contributed by atoms with Gasteiger partial charge in [0.05, 0.1) is 21.6 Å². The minimum absolute atomic E-state index is 0.574. The zero-order valence-corrected chi connectivity index (χ0v) is 18.3. The van der Waals surface area contributed by atoms with Crippen LogP contribution in [0.2, 0.25) is 0 Å². The lowest BCUT2D eigenvalue weighted by Crippen LogP contribution is -2.44. The van der Waals surface area contributed by atoms with Crippen LogP contribution in [-0.2, 0) is 0 Å². The van der Waals surface area contributed by atoms with Crippen molar-refractivity contribution in [3.05, 3.63) is 66.4 Å². The first-order valence-corrected chi connectivity index (χ1v) is 11.1. The molecule has 158 valence electrons. The van der Waals surface area contributed by atoms with E-state index < -0.39 is 0 Å². The minimum Gasteiger partial charge on any atom is -0.398 e. The van der Waals surface area contributed by atoms with Crippen LogP contribution in [0.15, 0.2) is 61.6 Å². The van der Waals surface area contributed by atoms with Gasteiger partial charge in [0.2, 0.25) is 0 Å². The van der Waals surface area contributed by atoms with Crippen molar-refractivity contribution in [3.63, 3.8) is 0 Å². The number of anilines is 3. The average Bonchev–Trinajstić information content (AvgIpc) is 3.46. The van der Waals surface area contributed by atoms with Gasteiger partial charge in [-0.05, 0) is 43.4 Å². The highest BCUT2D eigenvalue weighted by Gasteiger charge is 2.15. The van der Waals surface area contributed by atoms with Crippen molar-refractivity contribution in [2.24, 2.45) is 5.73 Å². The zero-order valence-electron chi connectivity index (χ0n) is 17.5. The summed E-state index contributed by atoms with van der Waals surface area (Å²) >= 11 is 1.60. The summed E-state index contributed by atoms with van der Waals surface area (Å²) in [7, 11) is 2.17. The van der Waals surface area contributed by atoms with Crippen LogP contribution in [0, 0.1) is 0 Å². The third kappa shape index (κ3) is 3.87. The molecule has 3 aromatic heterocycles. The molecule has 1 aliphatic rings. The summed E-state index contributed by atoms with van der Waals surface area (Å²) in [6, 6.07) is 12.6. The first kappa shape index (κ1) is 19.6. The first-order valence-electron chi connectivity index (χ1n) is 10.3. The molecule has 0 spiro atoms. The molecule has 1 aromatic carbocycles. The van der Waals surface area contributed by atoms with E-state index in [-0.39, 0.29) is 0 Å². The summed E-state index contributed by atoms with van der Waals surface area (Å²) in [5, 5.41) is 3.42. The number of benzene rings is 1. The van der Waals surface area contributed by atoms with Crippen LogP contribution in [0.5, 0.6) is 0 Å². The van der Waals surface area contributed by atoms with E-state index in [4.69, 9.17) is 5.73 Å². The molecule has 5 rings (SSSR count). The van der Waals surface area contributed by atoms with Crippen molar-refractivity contribution in [2.45, 2.75) is 0 Å². The molecule has 4 aromatic rings. The number of rotatable bonds is 5. The van der Waals surface area contributed by atoms with E-state index in [0.717, 1.165) is 58.8 Å². The van der Waals surface area contributed by atoms with Crippen molar-refractivity contribution >= 4 is 39.9 Å². The molecular formula is C23H25N7S. The number of nitrogens with zero attached hydrogens (tertiary/aromatic N) is 5. The van der Waals surface area contributed by atoms with Gasteiger partial charge in [-0.15, -0.1) is 11.3 Å². The molecule has 0 atom stereocenters. The summed E-state index contributed by atoms with van der Waals surface area (Å²) < 4.78 is 2.04. The third-order valence-electron chi connectivity index (χ3n) is 5.60. The van der Waals surface area contributed by atoms with Crippen LogP contribution in [0.3, 0.4) is 0 Å². The number of likely N-dealkylation sites (N-methyl/N-ethyl adjacent to an activating group) is 1. The molecule has 8 heteroatoms. The molecule has 4 heterocycles. The second-order valence-corrected chi connectivity index (χ2v) is 8.85. The van der Waals surface area contributed by atoms with Crippen LogP contribution in [0.25, 0.3) is 21.9 Å². The third-order valence-corrected chi connectivity index (χ3v) is 6.78. The molecule has 3 N–H and O–H groups in total. The van der Waals surface area contributed by atoms with Crippen molar-refractivity contribution in [3.8, 4) is 10.6 Å². The van der Waals surface area contributed by atoms with Crippen LogP contribution in [-0.4, -0.2) is 52.5 Å². The lowest BCUT2D eigenvalue weighted by atomic mass is 10.2. The molecule has 7 nitrogen and oxygen atoms in total. The highest BCUT2D eigenvalue weighted by atomic mass is 32.1. The number of thiophene rings is 1. The van der Waals surface area contributed by atoms with Gasteiger partial charge in [-0.25, -0.2) is 9.97 Å². The number of nitrogens with one attached hydrogen (secondary N) is 1. The lowest BCUT2D eigenvalue weighted by Gasteiger charge is -2.34. The van der Waals surface area contributed by atoms with Gasteiger partial charge in [0.15, 0.2) is 11.5 Å². The quantitative estimate of drug-likeness (QED) is 0.500. The normalized spacial score (nSPS) is 14.8. The Morgan fingerprint density at radius 3 is 2.55 bits per heavy atom. The van der Waals surface area contributed by atoms with Gasteiger partial charge in [-0.1, -0.05) is 6.58 Å². The molecule has 0 amide bonds. The van der Waals surface area contributed by atoms with Crippen LogP contribution >= 0.6 is 11.3 Å². The van der Waals surface area contributed by atoms with E-state index in [1.54, 1.807) is 17.5 Å². The Kier molecular flexibility index (Phi) is 5.09. The fourth-order valence-electron chi connectivity index (χ4n) is 3.79. The predicted molar refractivity (Wildman–Crippen MR) is 129 cm³/mol. The van der Waals surface area contributed by atoms with Gasteiger partial charge in [0, 0.05) is 55.6 Å². The number of imidazole rings is 1. The standard InChI is InChI=1S/C23H25N7S/c1-16(24)20-7-8-21(31-20)19-15-26-22(23-25-9-10-30(19)23)27-17-3-5-18(6-4-17)29-13-11-28(2)12-14-29/h3-10,15H,1,11-14,24H2,2H3,(H,26,27). The fraction of sp³-hybridized carbons (Fsp3) is 0.217. The van der Waals surface area contributed by atoms with Crippen molar-refractivity contribution < 1.29 is 0 Å². The molecule has 31 heavy (non-hydrogen) atoms. The number of hydrogen-bond acceptors (Lipinski definition) is 7.